The Hall–Kier alpha value is -0.910. The van der Waals surface area contributed by atoms with Crippen LogP contribution in [0.4, 0.5) is 4.79 Å². The Balaban J connectivity index is 1.95. The normalized spacial score (nSPS) is 19.4. The number of hydrogen-bond acceptors (Lipinski definition) is 3. The molecule has 0 aromatic rings. The van der Waals surface area contributed by atoms with Crippen molar-refractivity contribution in [2.45, 2.75) is 30.9 Å². The van der Waals surface area contributed by atoms with Crippen LogP contribution in [0.3, 0.4) is 0 Å². The van der Waals surface area contributed by atoms with Crippen LogP contribution in [-0.4, -0.2) is 41.2 Å². The van der Waals surface area contributed by atoms with E-state index in [0.717, 1.165) is 0 Å². The number of carbonyl (C=O) groups excluding carboxylic acids is 1. The Bertz CT molecular complexity index is 242. The number of hydrogen-bond donors (Lipinski definition) is 3. The minimum absolute atomic E-state index is 0.0960. The van der Waals surface area contributed by atoms with Crippen LogP contribution >= 0.6 is 11.8 Å². The zero-order valence-electron chi connectivity index (χ0n) is 9.20. The zero-order chi connectivity index (χ0) is 11.8. The highest BCUT2D eigenvalue weighted by molar-refractivity contribution is 8.00. The van der Waals surface area contributed by atoms with E-state index in [4.69, 9.17) is 5.11 Å². The van der Waals surface area contributed by atoms with Gasteiger partial charge in [0.15, 0.2) is 0 Å². The van der Waals surface area contributed by atoms with Gasteiger partial charge in [-0.15, -0.1) is 0 Å². The number of carbonyl (C=O) groups is 2. The molecule has 0 aromatic heterocycles. The van der Waals surface area contributed by atoms with Crippen molar-refractivity contribution in [2.75, 3.05) is 18.8 Å². The van der Waals surface area contributed by atoms with Gasteiger partial charge >= 0.3 is 12.0 Å². The lowest BCUT2D eigenvalue weighted by atomic mass is 10.2. The molecule has 1 heterocycles. The van der Waals surface area contributed by atoms with Gasteiger partial charge in [-0.1, -0.05) is 0 Å². The maximum atomic E-state index is 11.3. The Morgan fingerprint density at radius 2 is 2.19 bits per heavy atom. The highest BCUT2D eigenvalue weighted by Crippen LogP contribution is 2.25. The van der Waals surface area contributed by atoms with Gasteiger partial charge in [-0.05, 0) is 25.0 Å². The third kappa shape index (κ3) is 5.85. The van der Waals surface area contributed by atoms with Gasteiger partial charge in [-0.3, -0.25) is 4.79 Å². The standard InChI is InChI=1S/C10H18N2O3S/c13-9(14)4-1-5-11-10(15)12-7-8-3-2-6-16-8/h8H,1-7H2,(H,13,14)(H2,11,12,15). The number of carboxylic acid groups (broad SMARTS) is 1. The number of amides is 2. The first kappa shape index (κ1) is 13.2. The Labute approximate surface area is 99.4 Å². The Morgan fingerprint density at radius 1 is 1.38 bits per heavy atom. The molecule has 1 unspecified atom stereocenters. The van der Waals surface area contributed by atoms with Crippen LogP contribution in [0.1, 0.15) is 25.7 Å². The molecule has 0 saturated carbocycles. The molecule has 0 bridgehead atoms. The largest absolute Gasteiger partial charge is 0.481 e. The van der Waals surface area contributed by atoms with E-state index in [0.29, 0.717) is 24.8 Å². The number of nitrogens with one attached hydrogen (secondary N) is 2. The topological polar surface area (TPSA) is 78.4 Å². The third-order valence-electron chi connectivity index (χ3n) is 2.37. The van der Waals surface area contributed by atoms with Gasteiger partial charge in [0.05, 0.1) is 0 Å². The molecule has 0 radical (unpaired) electrons. The minimum atomic E-state index is -0.829. The molecule has 0 aromatic carbocycles. The lowest BCUT2D eigenvalue weighted by molar-refractivity contribution is -0.137. The van der Waals surface area contributed by atoms with Crippen molar-refractivity contribution in [1.29, 1.82) is 0 Å². The molecule has 2 amide bonds. The highest BCUT2D eigenvalue weighted by Gasteiger charge is 2.15. The lowest BCUT2D eigenvalue weighted by Crippen LogP contribution is -2.39. The molecule has 6 heteroatoms. The SMILES string of the molecule is O=C(O)CCCNC(=O)NCC1CCCS1. The van der Waals surface area contributed by atoms with E-state index in [1.54, 1.807) is 0 Å². The van der Waals surface area contributed by atoms with Crippen molar-refractivity contribution in [2.24, 2.45) is 0 Å². The zero-order valence-corrected chi connectivity index (χ0v) is 10.0. The number of rotatable bonds is 6. The molecule has 0 spiro atoms. The van der Waals surface area contributed by atoms with E-state index >= 15 is 0 Å². The molecule has 1 saturated heterocycles. The van der Waals surface area contributed by atoms with E-state index in [9.17, 15) is 9.59 Å². The fourth-order valence-corrected chi connectivity index (χ4v) is 2.72. The summed E-state index contributed by atoms with van der Waals surface area (Å²) in [6, 6.07) is -0.196. The summed E-state index contributed by atoms with van der Waals surface area (Å²) in [5.74, 6) is 0.358. The van der Waals surface area contributed by atoms with Crippen LogP contribution in [0.2, 0.25) is 0 Å². The molecule has 1 aliphatic heterocycles. The van der Waals surface area contributed by atoms with Crippen molar-refractivity contribution in [3.63, 3.8) is 0 Å². The highest BCUT2D eigenvalue weighted by atomic mass is 32.2. The fourth-order valence-electron chi connectivity index (χ4n) is 1.52. The van der Waals surface area contributed by atoms with E-state index < -0.39 is 5.97 Å². The lowest BCUT2D eigenvalue weighted by Gasteiger charge is -2.10. The molecule has 3 N–H and O–H groups in total. The smallest absolute Gasteiger partial charge is 0.314 e. The third-order valence-corrected chi connectivity index (χ3v) is 3.77. The van der Waals surface area contributed by atoms with Crippen LogP contribution < -0.4 is 10.6 Å². The summed E-state index contributed by atoms with van der Waals surface area (Å²) in [6.07, 6.45) is 2.97. The first-order valence-electron chi connectivity index (χ1n) is 5.53. The summed E-state index contributed by atoms with van der Waals surface area (Å²) in [5, 5.41) is 14.4. The monoisotopic (exact) mass is 246 g/mol. The van der Waals surface area contributed by atoms with Gasteiger partial charge in [-0.2, -0.15) is 11.8 Å². The molecular formula is C10H18N2O3S. The minimum Gasteiger partial charge on any atom is -0.481 e. The van der Waals surface area contributed by atoms with Crippen molar-refractivity contribution in [1.82, 2.24) is 10.6 Å². The number of thioether (sulfide) groups is 1. The summed E-state index contributed by atoms with van der Waals surface area (Å²) in [5.41, 5.74) is 0. The van der Waals surface area contributed by atoms with Gasteiger partial charge in [0.2, 0.25) is 0 Å². The van der Waals surface area contributed by atoms with Crippen molar-refractivity contribution in [3.8, 4) is 0 Å². The average Bonchev–Trinajstić information content (AvgIpc) is 2.74. The Morgan fingerprint density at radius 3 is 2.81 bits per heavy atom. The van der Waals surface area contributed by atoms with E-state index in [1.165, 1.54) is 18.6 Å². The predicted octanol–water partition coefficient (Wildman–Crippen LogP) is 1.05. The quantitative estimate of drug-likeness (QED) is 0.612. The number of aliphatic carboxylic acids is 1. The molecule has 1 aliphatic rings. The molecule has 5 nitrogen and oxygen atoms in total. The summed E-state index contributed by atoms with van der Waals surface area (Å²) in [6.45, 7) is 1.12. The van der Waals surface area contributed by atoms with E-state index in [1.807, 2.05) is 11.8 Å². The second-order valence-electron chi connectivity index (χ2n) is 3.77. The second kappa shape index (κ2) is 7.38. The van der Waals surface area contributed by atoms with Gasteiger partial charge in [0, 0.05) is 24.8 Å². The van der Waals surface area contributed by atoms with Gasteiger partial charge in [-0.25, -0.2) is 4.79 Å². The number of urea groups is 1. The van der Waals surface area contributed by atoms with Crippen LogP contribution in [-0.2, 0) is 4.79 Å². The molecular weight excluding hydrogens is 228 g/mol. The van der Waals surface area contributed by atoms with Gasteiger partial charge < -0.3 is 15.7 Å². The predicted molar refractivity (Wildman–Crippen MR) is 63.8 cm³/mol. The Kier molecular flexibility index (Phi) is 6.07. The average molecular weight is 246 g/mol. The first-order chi connectivity index (χ1) is 7.68. The molecule has 1 atom stereocenters. The van der Waals surface area contributed by atoms with Gasteiger partial charge in [0.25, 0.3) is 0 Å². The van der Waals surface area contributed by atoms with Crippen LogP contribution in [0.25, 0.3) is 0 Å². The first-order valence-corrected chi connectivity index (χ1v) is 6.58. The second-order valence-corrected chi connectivity index (χ2v) is 5.18. The maximum Gasteiger partial charge on any atom is 0.314 e. The summed E-state index contributed by atoms with van der Waals surface area (Å²) >= 11 is 1.90. The van der Waals surface area contributed by atoms with E-state index in [-0.39, 0.29) is 12.5 Å². The van der Waals surface area contributed by atoms with E-state index in [2.05, 4.69) is 10.6 Å². The molecule has 1 fully saturated rings. The molecule has 0 aliphatic carbocycles. The maximum absolute atomic E-state index is 11.3. The van der Waals surface area contributed by atoms with Crippen molar-refractivity contribution in [3.05, 3.63) is 0 Å². The molecule has 92 valence electrons. The van der Waals surface area contributed by atoms with Crippen molar-refractivity contribution >= 4 is 23.8 Å². The number of carboxylic acids is 1. The van der Waals surface area contributed by atoms with Crippen LogP contribution in [0.5, 0.6) is 0 Å². The van der Waals surface area contributed by atoms with Gasteiger partial charge in [0.1, 0.15) is 0 Å². The molecule has 1 rings (SSSR count). The fraction of sp³-hybridized carbons (Fsp3) is 0.800. The summed E-state index contributed by atoms with van der Waals surface area (Å²) < 4.78 is 0. The van der Waals surface area contributed by atoms with Crippen molar-refractivity contribution < 1.29 is 14.7 Å². The summed E-state index contributed by atoms with van der Waals surface area (Å²) in [7, 11) is 0. The van der Waals surface area contributed by atoms with Crippen LogP contribution in [0.15, 0.2) is 0 Å². The summed E-state index contributed by atoms with van der Waals surface area (Å²) in [4.78, 5) is 21.5. The molecule has 16 heavy (non-hydrogen) atoms. The van der Waals surface area contributed by atoms with Crippen LogP contribution in [0, 0.1) is 0 Å².